The molecule has 1 heterocycles. The van der Waals surface area contributed by atoms with E-state index in [0.29, 0.717) is 18.7 Å². The fraction of sp³-hybridized carbons (Fsp3) is 0.273. The van der Waals surface area contributed by atoms with Crippen molar-refractivity contribution >= 4 is 11.6 Å². The van der Waals surface area contributed by atoms with Crippen molar-refractivity contribution in [2.45, 2.75) is 13.3 Å². The summed E-state index contributed by atoms with van der Waals surface area (Å²) in [6.45, 7) is 2.28. The van der Waals surface area contributed by atoms with Gasteiger partial charge in [-0.05, 0) is 35.0 Å². The van der Waals surface area contributed by atoms with Crippen LogP contribution in [0.15, 0.2) is 24.5 Å². The molecule has 0 spiro atoms. The summed E-state index contributed by atoms with van der Waals surface area (Å²) in [6, 6.07) is 5.55. The van der Waals surface area contributed by atoms with E-state index in [-0.39, 0.29) is 5.91 Å². The molecule has 1 amide bonds. The molecule has 0 saturated carbocycles. The number of aromatic nitrogens is 4. The molecule has 1 aromatic carbocycles. The first kappa shape index (κ1) is 12.2. The SMILES string of the molecule is Cc1ccc(NC(=O)CCN)cc1-n1cnnn1. The quantitative estimate of drug-likeness (QED) is 0.806. The highest BCUT2D eigenvalue weighted by Crippen LogP contribution is 2.18. The Labute approximate surface area is 104 Å². The monoisotopic (exact) mass is 246 g/mol. The van der Waals surface area contributed by atoms with Gasteiger partial charge in [0.2, 0.25) is 5.91 Å². The Kier molecular flexibility index (Phi) is 3.63. The third-order valence-corrected chi connectivity index (χ3v) is 2.46. The summed E-state index contributed by atoms with van der Waals surface area (Å²) >= 11 is 0. The summed E-state index contributed by atoms with van der Waals surface area (Å²) < 4.78 is 1.55. The van der Waals surface area contributed by atoms with Gasteiger partial charge >= 0.3 is 0 Å². The molecule has 1 aromatic heterocycles. The number of nitrogens with one attached hydrogen (secondary N) is 1. The number of hydrogen-bond acceptors (Lipinski definition) is 5. The van der Waals surface area contributed by atoms with Crippen molar-refractivity contribution in [1.29, 1.82) is 0 Å². The number of anilines is 1. The first-order valence-corrected chi connectivity index (χ1v) is 5.54. The van der Waals surface area contributed by atoms with Crippen LogP contribution in [0.3, 0.4) is 0 Å². The zero-order chi connectivity index (χ0) is 13.0. The molecule has 7 heteroatoms. The van der Waals surface area contributed by atoms with Crippen LogP contribution < -0.4 is 11.1 Å². The smallest absolute Gasteiger partial charge is 0.225 e. The van der Waals surface area contributed by atoms with Crippen LogP contribution in [0, 0.1) is 6.92 Å². The van der Waals surface area contributed by atoms with Gasteiger partial charge in [0.05, 0.1) is 5.69 Å². The highest BCUT2D eigenvalue weighted by atomic mass is 16.1. The van der Waals surface area contributed by atoms with E-state index in [1.54, 1.807) is 4.68 Å². The largest absolute Gasteiger partial charge is 0.330 e. The number of carbonyl (C=O) groups excluding carboxylic acids is 1. The number of aryl methyl sites for hydroxylation is 1. The van der Waals surface area contributed by atoms with E-state index < -0.39 is 0 Å². The maximum atomic E-state index is 11.5. The van der Waals surface area contributed by atoms with E-state index in [1.165, 1.54) is 6.33 Å². The van der Waals surface area contributed by atoms with Gasteiger partial charge in [0, 0.05) is 18.7 Å². The Morgan fingerprint density at radius 1 is 1.50 bits per heavy atom. The third-order valence-electron chi connectivity index (χ3n) is 2.46. The van der Waals surface area contributed by atoms with E-state index in [2.05, 4.69) is 20.8 Å². The number of amides is 1. The average molecular weight is 246 g/mol. The highest BCUT2D eigenvalue weighted by Gasteiger charge is 2.06. The lowest BCUT2D eigenvalue weighted by molar-refractivity contribution is -0.116. The topological polar surface area (TPSA) is 98.7 Å². The van der Waals surface area contributed by atoms with Crippen LogP contribution in [-0.2, 0) is 4.79 Å². The van der Waals surface area contributed by atoms with Crippen LogP contribution in [0.5, 0.6) is 0 Å². The minimum Gasteiger partial charge on any atom is -0.330 e. The summed E-state index contributed by atoms with van der Waals surface area (Å²) in [6.07, 6.45) is 1.81. The van der Waals surface area contributed by atoms with Crippen molar-refractivity contribution < 1.29 is 4.79 Å². The van der Waals surface area contributed by atoms with Crippen molar-refractivity contribution in [2.24, 2.45) is 5.73 Å². The lowest BCUT2D eigenvalue weighted by atomic mass is 10.2. The molecule has 7 nitrogen and oxygen atoms in total. The maximum Gasteiger partial charge on any atom is 0.225 e. The number of hydrogen-bond donors (Lipinski definition) is 2. The average Bonchev–Trinajstić information content (AvgIpc) is 2.85. The molecule has 0 atom stereocenters. The second kappa shape index (κ2) is 5.37. The third kappa shape index (κ3) is 2.69. The van der Waals surface area contributed by atoms with Gasteiger partial charge in [0.25, 0.3) is 0 Å². The molecule has 18 heavy (non-hydrogen) atoms. The summed E-state index contributed by atoms with van der Waals surface area (Å²) in [5.41, 5.74) is 7.86. The normalized spacial score (nSPS) is 10.3. The predicted molar refractivity (Wildman–Crippen MR) is 66.2 cm³/mol. The minimum atomic E-state index is -0.107. The molecule has 2 rings (SSSR count). The van der Waals surface area contributed by atoms with Crippen molar-refractivity contribution in [1.82, 2.24) is 20.2 Å². The molecule has 0 bridgehead atoms. The van der Waals surface area contributed by atoms with Gasteiger partial charge in [-0.2, -0.15) is 0 Å². The van der Waals surface area contributed by atoms with E-state index in [1.807, 2.05) is 25.1 Å². The molecule has 0 unspecified atom stereocenters. The van der Waals surface area contributed by atoms with Gasteiger partial charge in [0.15, 0.2) is 0 Å². The maximum absolute atomic E-state index is 11.5. The number of nitrogens with zero attached hydrogens (tertiary/aromatic N) is 4. The first-order valence-electron chi connectivity index (χ1n) is 5.54. The summed E-state index contributed by atoms with van der Waals surface area (Å²) in [5, 5.41) is 13.8. The predicted octanol–water partition coefficient (Wildman–Crippen LogP) is 0.258. The van der Waals surface area contributed by atoms with Crippen molar-refractivity contribution in [3.8, 4) is 5.69 Å². The highest BCUT2D eigenvalue weighted by molar-refractivity contribution is 5.91. The number of nitrogens with two attached hydrogens (primary N) is 1. The van der Waals surface area contributed by atoms with Gasteiger partial charge in [0.1, 0.15) is 6.33 Å². The van der Waals surface area contributed by atoms with Crippen LogP contribution in [0.2, 0.25) is 0 Å². The van der Waals surface area contributed by atoms with E-state index in [0.717, 1.165) is 11.3 Å². The molecule has 94 valence electrons. The van der Waals surface area contributed by atoms with Gasteiger partial charge in [-0.25, -0.2) is 4.68 Å². The van der Waals surface area contributed by atoms with Gasteiger partial charge in [-0.3, -0.25) is 4.79 Å². The summed E-state index contributed by atoms with van der Waals surface area (Å²) in [7, 11) is 0. The summed E-state index contributed by atoms with van der Waals surface area (Å²) in [4.78, 5) is 11.5. The Morgan fingerprint density at radius 3 is 3.00 bits per heavy atom. The van der Waals surface area contributed by atoms with Crippen molar-refractivity contribution in [2.75, 3.05) is 11.9 Å². The molecule has 0 fully saturated rings. The van der Waals surface area contributed by atoms with Gasteiger partial charge < -0.3 is 11.1 Å². The fourth-order valence-corrected chi connectivity index (χ4v) is 1.56. The zero-order valence-corrected chi connectivity index (χ0v) is 10.00. The molecule has 0 saturated heterocycles. The van der Waals surface area contributed by atoms with Crippen LogP contribution >= 0.6 is 0 Å². The zero-order valence-electron chi connectivity index (χ0n) is 10.00. The van der Waals surface area contributed by atoms with Crippen molar-refractivity contribution in [3.05, 3.63) is 30.1 Å². The Hall–Kier alpha value is -2.28. The lowest BCUT2D eigenvalue weighted by Crippen LogP contribution is -2.16. The molecular formula is C11H14N6O. The molecular weight excluding hydrogens is 232 g/mol. The fourth-order valence-electron chi connectivity index (χ4n) is 1.56. The van der Waals surface area contributed by atoms with Crippen LogP contribution in [0.4, 0.5) is 5.69 Å². The Balaban J connectivity index is 2.24. The summed E-state index contributed by atoms with van der Waals surface area (Å²) in [5.74, 6) is -0.107. The molecule has 2 aromatic rings. The second-order valence-corrected chi connectivity index (χ2v) is 3.84. The number of carbonyl (C=O) groups is 1. The van der Waals surface area contributed by atoms with E-state index in [9.17, 15) is 4.79 Å². The molecule has 0 aliphatic carbocycles. The lowest BCUT2D eigenvalue weighted by Gasteiger charge is -2.09. The molecule has 3 N–H and O–H groups in total. The van der Waals surface area contributed by atoms with Gasteiger partial charge in [-0.15, -0.1) is 5.10 Å². The number of tetrazole rings is 1. The van der Waals surface area contributed by atoms with E-state index in [4.69, 9.17) is 5.73 Å². The van der Waals surface area contributed by atoms with E-state index >= 15 is 0 Å². The standard InChI is InChI=1S/C11H14N6O/c1-8-2-3-9(14-11(18)4-5-12)6-10(8)17-7-13-15-16-17/h2-3,6-7H,4-5,12H2,1H3,(H,14,18). The number of rotatable bonds is 4. The van der Waals surface area contributed by atoms with Gasteiger partial charge in [-0.1, -0.05) is 6.07 Å². The van der Waals surface area contributed by atoms with Crippen LogP contribution in [-0.4, -0.2) is 32.7 Å². The molecule has 0 aliphatic rings. The first-order chi connectivity index (χ1) is 8.70. The molecule has 0 radical (unpaired) electrons. The van der Waals surface area contributed by atoms with Crippen LogP contribution in [0.25, 0.3) is 5.69 Å². The van der Waals surface area contributed by atoms with Crippen LogP contribution in [0.1, 0.15) is 12.0 Å². The Bertz CT molecular complexity index is 536. The Morgan fingerprint density at radius 2 is 2.33 bits per heavy atom. The second-order valence-electron chi connectivity index (χ2n) is 3.84. The molecule has 0 aliphatic heterocycles. The minimum absolute atomic E-state index is 0.107. The number of benzene rings is 1. The van der Waals surface area contributed by atoms with Crippen molar-refractivity contribution in [3.63, 3.8) is 0 Å².